The number of hydrogen-bond donors (Lipinski definition) is 0. The summed E-state index contributed by atoms with van der Waals surface area (Å²) in [5, 5.41) is 8.40. The second-order valence-corrected chi connectivity index (χ2v) is 13.4. The average Bonchev–Trinajstić information content (AvgIpc) is 3.58. The Bertz CT molecular complexity index is 1920. The van der Waals surface area contributed by atoms with Gasteiger partial charge in [-0.25, -0.2) is 9.59 Å². The predicted molar refractivity (Wildman–Crippen MR) is 187 cm³/mol. The lowest BCUT2D eigenvalue weighted by Gasteiger charge is -2.28. The fraction of sp³-hybridized carbons (Fsp3) is 0.378. The van der Waals surface area contributed by atoms with Crippen LogP contribution in [0.1, 0.15) is 55.4 Å². The molecule has 0 bridgehead atoms. The summed E-state index contributed by atoms with van der Waals surface area (Å²) < 4.78 is 21.8. The fourth-order valence-corrected chi connectivity index (χ4v) is 7.03. The standard InChI is InChI=1S/C37H41BrN4O5/c1-37(2,3)47-36(44)41-18-10-19-42-33-27(14-8-15-29(33)30-24-39-40(4)31(30)23-38)28(34(42)35(43)46-22-20-41)16-9-21-45-32-17-7-12-25-11-5-6-13-26(25)32/h5-8,11-15,17,24H,9-10,16,18-23H2,1-4H3. The van der Waals surface area contributed by atoms with Gasteiger partial charge in [0.1, 0.15) is 23.7 Å². The number of ether oxygens (including phenoxy) is 3. The second kappa shape index (κ2) is 13.8. The largest absolute Gasteiger partial charge is 0.493 e. The number of aryl methyl sites for hydroxylation is 3. The number of halogens is 1. The van der Waals surface area contributed by atoms with Crippen molar-refractivity contribution >= 4 is 49.7 Å². The van der Waals surface area contributed by atoms with E-state index in [4.69, 9.17) is 14.2 Å². The van der Waals surface area contributed by atoms with Crippen LogP contribution in [-0.4, -0.2) is 63.2 Å². The maximum absolute atomic E-state index is 14.0. The van der Waals surface area contributed by atoms with Gasteiger partial charge in [0.25, 0.3) is 0 Å². The maximum atomic E-state index is 14.0. The molecule has 9 nitrogen and oxygen atoms in total. The van der Waals surface area contributed by atoms with Crippen molar-refractivity contribution in [3.05, 3.63) is 83.8 Å². The molecule has 0 atom stereocenters. The molecule has 47 heavy (non-hydrogen) atoms. The van der Waals surface area contributed by atoms with Crippen molar-refractivity contribution in [1.29, 1.82) is 0 Å². The lowest BCUT2D eigenvalue weighted by Crippen LogP contribution is -2.40. The molecule has 6 rings (SSSR count). The molecule has 3 aromatic carbocycles. The van der Waals surface area contributed by atoms with Gasteiger partial charge in [-0.15, -0.1) is 0 Å². The van der Waals surface area contributed by atoms with Crippen molar-refractivity contribution < 1.29 is 23.8 Å². The van der Waals surface area contributed by atoms with Crippen LogP contribution >= 0.6 is 15.9 Å². The van der Waals surface area contributed by atoms with E-state index in [9.17, 15) is 9.59 Å². The number of esters is 1. The molecule has 0 saturated heterocycles. The number of para-hydroxylation sites is 1. The number of hydrogen-bond acceptors (Lipinski definition) is 6. The van der Waals surface area contributed by atoms with Crippen LogP contribution in [0.3, 0.4) is 0 Å². The molecule has 2 aromatic heterocycles. The molecule has 5 aromatic rings. The van der Waals surface area contributed by atoms with Crippen LogP contribution in [0.15, 0.2) is 66.9 Å². The molecule has 0 N–H and O–H groups in total. The van der Waals surface area contributed by atoms with E-state index in [1.807, 2.05) is 69.0 Å². The highest BCUT2D eigenvalue weighted by Crippen LogP contribution is 2.38. The summed E-state index contributed by atoms with van der Waals surface area (Å²) in [7, 11) is 1.93. The third-order valence-corrected chi connectivity index (χ3v) is 9.02. The Morgan fingerprint density at radius 2 is 1.74 bits per heavy atom. The molecule has 1 amide bonds. The minimum atomic E-state index is -0.620. The Balaban J connectivity index is 1.36. The minimum Gasteiger partial charge on any atom is -0.493 e. The number of carbonyl (C=O) groups excluding carboxylic acids is 2. The lowest BCUT2D eigenvalue weighted by atomic mass is 10.00. The summed E-state index contributed by atoms with van der Waals surface area (Å²) in [5.41, 5.74) is 4.89. The first-order valence-corrected chi connectivity index (χ1v) is 17.3. The maximum Gasteiger partial charge on any atom is 0.410 e. The Kier molecular flexibility index (Phi) is 9.59. The van der Waals surface area contributed by atoms with E-state index in [1.54, 1.807) is 4.90 Å². The Morgan fingerprint density at radius 3 is 2.55 bits per heavy atom. The number of aromatic nitrogens is 3. The zero-order valence-corrected chi connectivity index (χ0v) is 29.0. The van der Waals surface area contributed by atoms with Gasteiger partial charge in [0, 0.05) is 47.4 Å². The molecule has 0 fully saturated rings. The topological polar surface area (TPSA) is 87.8 Å². The summed E-state index contributed by atoms with van der Waals surface area (Å²) in [6.45, 7) is 7.38. The Morgan fingerprint density at radius 1 is 0.979 bits per heavy atom. The summed E-state index contributed by atoms with van der Waals surface area (Å²) in [6.07, 6.45) is 3.45. The number of carbonyl (C=O) groups is 2. The van der Waals surface area contributed by atoms with Crippen molar-refractivity contribution in [2.75, 3.05) is 26.3 Å². The van der Waals surface area contributed by atoms with Crippen molar-refractivity contribution in [3.63, 3.8) is 0 Å². The van der Waals surface area contributed by atoms with Gasteiger partial charge in [-0.05, 0) is 57.0 Å². The van der Waals surface area contributed by atoms with Crippen LogP contribution in [0.2, 0.25) is 0 Å². The van der Waals surface area contributed by atoms with E-state index in [2.05, 4.69) is 55.9 Å². The molecule has 1 aliphatic rings. The molecule has 10 heteroatoms. The van der Waals surface area contributed by atoms with E-state index in [0.717, 1.165) is 49.8 Å². The van der Waals surface area contributed by atoms with Crippen LogP contribution in [-0.2, 0) is 34.8 Å². The quantitative estimate of drug-likeness (QED) is 0.0975. The van der Waals surface area contributed by atoms with Crippen LogP contribution in [0.25, 0.3) is 32.8 Å². The van der Waals surface area contributed by atoms with Gasteiger partial charge < -0.3 is 23.7 Å². The van der Waals surface area contributed by atoms with Crippen molar-refractivity contribution in [2.45, 2.75) is 57.5 Å². The van der Waals surface area contributed by atoms with Gasteiger partial charge >= 0.3 is 12.1 Å². The number of nitrogens with zero attached hydrogens (tertiary/aromatic N) is 4. The van der Waals surface area contributed by atoms with E-state index >= 15 is 0 Å². The zero-order valence-electron chi connectivity index (χ0n) is 27.4. The molecule has 1 aliphatic heterocycles. The summed E-state index contributed by atoms with van der Waals surface area (Å²) >= 11 is 3.64. The molecular formula is C37H41BrN4O5. The third kappa shape index (κ3) is 6.88. The van der Waals surface area contributed by atoms with E-state index in [-0.39, 0.29) is 13.2 Å². The highest BCUT2D eigenvalue weighted by atomic mass is 79.9. The van der Waals surface area contributed by atoms with E-state index in [0.29, 0.717) is 50.0 Å². The Labute approximate surface area is 283 Å². The van der Waals surface area contributed by atoms with Gasteiger partial charge in [0.15, 0.2) is 0 Å². The highest BCUT2D eigenvalue weighted by molar-refractivity contribution is 9.08. The first kappa shape index (κ1) is 32.6. The summed E-state index contributed by atoms with van der Waals surface area (Å²) in [4.78, 5) is 28.6. The highest BCUT2D eigenvalue weighted by Gasteiger charge is 2.29. The van der Waals surface area contributed by atoms with Crippen molar-refractivity contribution in [3.8, 4) is 16.9 Å². The molecule has 246 valence electrons. The predicted octanol–water partition coefficient (Wildman–Crippen LogP) is 7.90. The monoisotopic (exact) mass is 700 g/mol. The van der Waals surface area contributed by atoms with Crippen LogP contribution in [0.5, 0.6) is 5.75 Å². The smallest absolute Gasteiger partial charge is 0.410 e. The fourth-order valence-electron chi connectivity index (χ4n) is 6.36. The molecule has 0 saturated carbocycles. The van der Waals surface area contributed by atoms with Crippen LogP contribution < -0.4 is 4.74 Å². The number of rotatable bonds is 7. The van der Waals surface area contributed by atoms with Crippen LogP contribution in [0.4, 0.5) is 4.79 Å². The molecule has 0 aliphatic carbocycles. The Hall–Kier alpha value is -4.31. The molecule has 0 spiro atoms. The second-order valence-electron chi connectivity index (χ2n) is 12.8. The van der Waals surface area contributed by atoms with Gasteiger partial charge in [0.05, 0.1) is 30.6 Å². The van der Waals surface area contributed by atoms with Crippen molar-refractivity contribution in [1.82, 2.24) is 19.2 Å². The first-order chi connectivity index (χ1) is 22.7. The molecule has 3 heterocycles. The molecule has 0 radical (unpaired) electrons. The van der Waals surface area contributed by atoms with Crippen molar-refractivity contribution in [2.24, 2.45) is 7.05 Å². The normalized spacial score (nSPS) is 14.2. The third-order valence-electron chi connectivity index (χ3n) is 8.49. The molecule has 0 unspecified atom stereocenters. The van der Waals surface area contributed by atoms with Gasteiger partial charge in [-0.3, -0.25) is 4.68 Å². The number of amides is 1. The first-order valence-electron chi connectivity index (χ1n) is 16.1. The average molecular weight is 702 g/mol. The lowest BCUT2D eigenvalue weighted by molar-refractivity contribution is 0.0152. The number of fused-ring (bicyclic) bond motifs is 4. The van der Waals surface area contributed by atoms with Gasteiger partial charge in [-0.2, -0.15) is 5.10 Å². The SMILES string of the molecule is Cn1ncc(-c2cccc3c(CCCOc4cccc5ccccc45)c4n(c23)CCCN(C(=O)OC(C)(C)C)CCOC4=O)c1CBr. The number of benzene rings is 3. The summed E-state index contributed by atoms with van der Waals surface area (Å²) in [6, 6.07) is 20.5. The van der Waals surface area contributed by atoms with Gasteiger partial charge in [-0.1, -0.05) is 70.5 Å². The zero-order chi connectivity index (χ0) is 33.1. The summed E-state index contributed by atoms with van der Waals surface area (Å²) in [5.74, 6) is 0.457. The number of cyclic esters (lactones) is 1. The van der Waals surface area contributed by atoms with Crippen LogP contribution in [0, 0.1) is 0 Å². The number of alkyl halides is 1. The molecular weight excluding hydrogens is 660 g/mol. The van der Waals surface area contributed by atoms with E-state index < -0.39 is 17.7 Å². The minimum absolute atomic E-state index is 0.0758. The van der Waals surface area contributed by atoms with Gasteiger partial charge in [0.2, 0.25) is 0 Å². The van der Waals surface area contributed by atoms with E-state index in [1.165, 1.54) is 0 Å².